The largest absolute Gasteiger partial charge is 0.315 e. The van der Waals surface area contributed by atoms with Gasteiger partial charge in [0.2, 0.25) is 0 Å². The van der Waals surface area contributed by atoms with Crippen molar-refractivity contribution in [2.24, 2.45) is 0 Å². The van der Waals surface area contributed by atoms with Gasteiger partial charge < -0.3 is 5.32 Å². The molecule has 0 atom stereocenters. The van der Waals surface area contributed by atoms with Crippen LogP contribution in [0.15, 0.2) is 12.2 Å². The zero-order valence-corrected chi connectivity index (χ0v) is 11.0. The molecule has 15 heavy (non-hydrogen) atoms. The van der Waals surface area contributed by atoms with Crippen LogP contribution in [0.25, 0.3) is 0 Å². The zero-order valence-electron chi connectivity index (χ0n) is 10.2. The van der Waals surface area contributed by atoms with Crippen molar-refractivity contribution in [1.29, 1.82) is 0 Å². The summed E-state index contributed by atoms with van der Waals surface area (Å²) in [7, 11) is -2.97. The second-order valence-electron chi connectivity index (χ2n) is 4.54. The number of nitrogens with one attached hydrogen (secondary N) is 1. The molecule has 4 heteroatoms. The van der Waals surface area contributed by atoms with Crippen LogP contribution >= 0.6 is 0 Å². The molecule has 0 bridgehead atoms. The first kappa shape index (κ1) is 14.6. The van der Waals surface area contributed by atoms with E-state index in [0.29, 0.717) is 6.54 Å². The van der Waals surface area contributed by atoms with Gasteiger partial charge in [-0.3, -0.25) is 0 Å². The van der Waals surface area contributed by atoms with Crippen molar-refractivity contribution in [1.82, 2.24) is 5.32 Å². The van der Waals surface area contributed by atoms with Crippen molar-refractivity contribution >= 4 is 9.84 Å². The highest BCUT2D eigenvalue weighted by Crippen LogP contribution is 2.14. The van der Waals surface area contributed by atoms with Gasteiger partial charge in [-0.05, 0) is 40.7 Å². The van der Waals surface area contributed by atoms with E-state index in [1.54, 1.807) is 20.8 Å². The van der Waals surface area contributed by atoms with Crippen molar-refractivity contribution in [3.8, 4) is 0 Å². The highest BCUT2D eigenvalue weighted by molar-refractivity contribution is 7.92. The molecule has 0 aliphatic carbocycles. The Morgan fingerprint density at radius 2 is 1.80 bits per heavy atom. The van der Waals surface area contributed by atoms with E-state index in [-0.39, 0.29) is 5.75 Å². The smallest absolute Gasteiger partial charge is 0.156 e. The molecule has 0 aromatic heterocycles. The van der Waals surface area contributed by atoms with Crippen LogP contribution in [0.3, 0.4) is 0 Å². The zero-order chi connectivity index (χ0) is 11.9. The third kappa shape index (κ3) is 5.95. The summed E-state index contributed by atoms with van der Waals surface area (Å²) in [5.74, 6) is 0.215. The molecule has 0 aromatic rings. The monoisotopic (exact) mass is 233 g/mol. The lowest BCUT2D eigenvalue weighted by molar-refractivity contribution is 0.556. The Balaban J connectivity index is 3.78. The lowest BCUT2D eigenvalue weighted by Crippen LogP contribution is -2.34. The number of allylic oxidation sites excluding steroid dienone is 1. The molecule has 0 aromatic carbocycles. The van der Waals surface area contributed by atoms with E-state index < -0.39 is 14.6 Å². The van der Waals surface area contributed by atoms with E-state index in [9.17, 15) is 8.42 Å². The van der Waals surface area contributed by atoms with Crippen LogP contribution in [0.2, 0.25) is 0 Å². The van der Waals surface area contributed by atoms with Gasteiger partial charge in [-0.25, -0.2) is 8.42 Å². The van der Waals surface area contributed by atoms with Crippen LogP contribution in [-0.2, 0) is 9.84 Å². The number of sulfone groups is 1. The van der Waals surface area contributed by atoms with Crippen molar-refractivity contribution in [3.05, 3.63) is 12.2 Å². The van der Waals surface area contributed by atoms with Gasteiger partial charge in [0.1, 0.15) is 0 Å². The Kier molecular flexibility index (Phi) is 6.13. The van der Waals surface area contributed by atoms with Gasteiger partial charge >= 0.3 is 0 Å². The van der Waals surface area contributed by atoms with Crippen molar-refractivity contribution in [2.45, 2.75) is 38.9 Å². The molecule has 0 spiro atoms. The first-order valence-corrected chi connectivity index (χ1v) is 7.00. The van der Waals surface area contributed by atoms with Crippen LogP contribution < -0.4 is 5.32 Å². The van der Waals surface area contributed by atoms with Gasteiger partial charge in [-0.2, -0.15) is 0 Å². The molecule has 0 radical (unpaired) electrons. The summed E-state index contributed by atoms with van der Waals surface area (Å²) < 4.78 is 22.7. The fourth-order valence-electron chi connectivity index (χ4n) is 0.990. The van der Waals surface area contributed by atoms with Crippen molar-refractivity contribution in [3.63, 3.8) is 0 Å². The Morgan fingerprint density at radius 1 is 1.20 bits per heavy atom. The maximum absolute atomic E-state index is 11.7. The fraction of sp³-hybridized carbons (Fsp3) is 0.818. The number of hydrogen-bond donors (Lipinski definition) is 1. The van der Waals surface area contributed by atoms with Gasteiger partial charge in [0.25, 0.3) is 0 Å². The van der Waals surface area contributed by atoms with Crippen LogP contribution in [-0.4, -0.2) is 32.0 Å². The number of hydrogen-bond acceptors (Lipinski definition) is 3. The fourth-order valence-corrected chi connectivity index (χ4v) is 2.02. The van der Waals surface area contributed by atoms with Crippen LogP contribution in [0, 0.1) is 0 Å². The summed E-state index contributed by atoms with van der Waals surface area (Å²) in [4.78, 5) is 0. The van der Waals surface area contributed by atoms with E-state index in [1.165, 1.54) is 0 Å². The van der Waals surface area contributed by atoms with Crippen molar-refractivity contribution < 1.29 is 8.42 Å². The van der Waals surface area contributed by atoms with Gasteiger partial charge in [0.05, 0.1) is 10.5 Å². The van der Waals surface area contributed by atoms with E-state index in [4.69, 9.17) is 0 Å². The van der Waals surface area contributed by atoms with Gasteiger partial charge in [-0.15, -0.1) is 0 Å². The molecule has 0 amide bonds. The van der Waals surface area contributed by atoms with E-state index in [2.05, 4.69) is 11.4 Å². The average molecular weight is 233 g/mol. The minimum atomic E-state index is -2.97. The Bertz CT molecular complexity index is 286. The Hall–Kier alpha value is -0.350. The van der Waals surface area contributed by atoms with E-state index in [0.717, 1.165) is 13.0 Å². The molecule has 0 fully saturated rings. The standard InChI is InChI=1S/C11H23NO2S/c1-5-6-7-8-12-9-10-15(13,14)11(2,3)4/h5-6,12H,7-10H2,1-4H3/b6-5+. The van der Waals surface area contributed by atoms with E-state index >= 15 is 0 Å². The molecule has 0 rings (SSSR count). The van der Waals surface area contributed by atoms with E-state index in [1.807, 2.05) is 13.0 Å². The predicted molar refractivity (Wildman–Crippen MR) is 65.8 cm³/mol. The first-order chi connectivity index (χ1) is 6.81. The summed E-state index contributed by atoms with van der Waals surface area (Å²) in [6.07, 6.45) is 5.00. The third-order valence-corrected chi connectivity index (χ3v) is 4.81. The molecule has 0 aliphatic rings. The second-order valence-corrected chi connectivity index (χ2v) is 7.40. The minimum Gasteiger partial charge on any atom is -0.315 e. The summed E-state index contributed by atoms with van der Waals surface area (Å²) >= 11 is 0. The van der Waals surface area contributed by atoms with Crippen molar-refractivity contribution in [2.75, 3.05) is 18.8 Å². The minimum absolute atomic E-state index is 0.215. The maximum atomic E-state index is 11.7. The summed E-state index contributed by atoms with van der Waals surface area (Å²) in [5.41, 5.74) is 0. The lowest BCUT2D eigenvalue weighted by atomic mass is 10.3. The predicted octanol–water partition coefficient (Wildman–Crippen LogP) is 1.76. The van der Waals surface area contributed by atoms with Crippen LogP contribution in [0.4, 0.5) is 0 Å². The topological polar surface area (TPSA) is 46.2 Å². The Labute approximate surface area is 93.9 Å². The van der Waals surface area contributed by atoms with Gasteiger partial charge in [-0.1, -0.05) is 12.2 Å². The molecular formula is C11H23NO2S. The quantitative estimate of drug-likeness (QED) is 0.561. The highest BCUT2D eigenvalue weighted by Gasteiger charge is 2.27. The van der Waals surface area contributed by atoms with Crippen LogP contribution in [0.5, 0.6) is 0 Å². The molecule has 0 aliphatic heterocycles. The molecule has 0 saturated heterocycles. The molecule has 90 valence electrons. The first-order valence-electron chi connectivity index (χ1n) is 5.35. The summed E-state index contributed by atoms with van der Waals surface area (Å²) in [6, 6.07) is 0. The van der Waals surface area contributed by atoms with Crippen LogP contribution in [0.1, 0.15) is 34.1 Å². The second kappa shape index (κ2) is 6.28. The molecule has 0 unspecified atom stereocenters. The average Bonchev–Trinajstić information content (AvgIpc) is 2.09. The Morgan fingerprint density at radius 3 is 2.27 bits per heavy atom. The van der Waals surface area contributed by atoms with Gasteiger partial charge in [0.15, 0.2) is 9.84 Å². The molecule has 0 saturated carbocycles. The number of rotatable bonds is 6. The molecule has 3 nitrogen and oxygen atoms in total. The highest BCUT2D eigenvalue weighted by atomic mass is 32.2. The third-order valence-electron chi connectivity index (χ3n) is 2.20. The SMILES string of the molecule is C/C=C/CCNCCS(=O)(=O)C(C)(C)C. The maximum Gasteiger partial charge on any atom is 0.156 e. The summed E-state index contributed by atoms with van der Waals surface area (Å²) in [6.45, 7) is 8.57. The lowest BCUT2D eigenvalue weighted by Gasteiger charge is -2.19. The molecular weight excluding hydrogens is 210 g/mol. The molecule has 1 N–H and O–H groups in total. The summed E-state index contributed by atoms with van der Waals surface area (Å²) in [5, 5.41) is 3.12. The van der Waals surface area contributed by atoms with Gasteiger partial charge in [0, 0.05) is 6.54 Å². The molecule has 0 heterocycles. The normalized spacial score (nSPS) is 13.6.